The van der Waals surface area contributed by atoms with Crippen LogP contribution in [0.25, 0.3) is 11.4 Å². The molecule has 0 spiro atoms. The van der Waals surface area contributed by atoms with Crippen LogP contribution in [0, 0.1) is 0 Å². The second-order valence-electron chi connectivity index (χ2n) is 6.42. The summed E-state index contributed by atoms with van der Waals surface area (Å²) < 4.78 is 1.53. The fourth-order valence-corrected chi connectivity index (χ4v) is 3.62. The summed E-state index contributed by atoms with van der Waals surface area (Å²) in [6.07, 6.45) is -2.74. The Morgan fingerprint density at radius 1 is 0.900 bits per heavy atom. The van der Waals surface area contributed by atoms with E-state index >= 15 is 0 Å². The maximum atomic E-state index is 10.4. The van der Waals surface area contributed by atoms with Gasteiger partial charge in [0.1, 0.15) is 17.9 Å². The molecule has 154 valence electrons. The van der Waals surface area contributed by atoms with E-state index in [1.807, 2.05) is 60.7 Å². The molecule has 3 atom stereocenters. The average Bonchev–Trinajstić information content (AvgIpc) is 3.47. The van der Waals surface area contributed by atoms with Crippen LogP contribution in [0.4, 0.5) is 0 Å². The molecule has 0 aliphatic rings. The highest BCUT2D eigenvalue weighted by Crippen LogP contribution is 2.23. The standard InChI is InChI=1S/C19H19N7O3S/c27-16(12-30-19-21-23-24-25(19)13-7-3-1-4-8-13)18(29)17(28)15-11-20-26(22-15)14-9-5-2-6-10-14/h1-11,16-18,27-29H,12H2/t16-,17+,18-/m1/s1. The lowest BCUT2D eigenvalue weighted by atomic mass is 10.1. The zero-order valence-corrected chi connectivity index (χ0v) is 16.5. The third-order valence-corrected chi connectivity index (χ3v) is 5.36. The first-order valence-electron chi connectivity index (χ1n) is 9.12. The summed E-state index contributed by atoms with van der Waals surface area (Å²) in [5.74, 6) is 0.0677. The molecule has 0 fully saturated rings. The number of rotatable bonds is 8. The lowest BCUT2D eigenvalue weighted by molar-refractivity contribution is -0.0531. The number of benzene rings is 2. The van der Waals surface area contributed by atoms with Crippen molar-refractivity contribution in [2.45, 2.75) is 23.5 Å². The fraction of sp³-hybridized carbons (Fsp3) is 0.211. The van der Waals surface area contributed by atoms with Crippen molar-refractivity contribution >= 4 is 11.8 Å². The van der Waals surface area contributed by atoms with Crippen LogP contribution in [0.2, 0.25) is 0 Å². The third-order valence-electron chi connectivity index (χ3n) is 4.34. The molecule has 0 amide bonds. The summed E-state index contributed by atoms with van der Waals surface area (Å²) in [4.78, 5) is 1.35. The first-order valence-corrected chi connectivity index (χ1v) is 10.1. The number of aromatic nitrogens is 7. The van der Waals surface area contributed by atoms with E-state index in [9.17, 15) is 15.3 Å². The van der Waals surface area contributed by atoms with Gasteiger partial charge in [-0.2, -0.15) is 19.7 Å². The van der Waals surface area contributed by atoms with Gasteiger partial charge in [0, 0.05) is 5.75 Å². The molecule has 0 aliphatic carbocycles. The number of nitrogens with zero attached hydrogens (tertiary/aromatic N) is 7. The van der Waals surface area contributed by atoms with Crippen molar-refractivity contribution in [3.05, 3.63) is 72.6 Å². The number of hydrogen-bond acceptors (Lipinski definition) is 9. The molecule has 0 saturated carbocycles. The van der Waals surface area contributed by atoms with Gasteiger partial charge in [0.2, 0.25) is 5.16 Å². The van der Waals surface area contributed by atoms with Crippen molar-refractivity contribution in [1.82, 2.24) is 35.2 Å². The van der Waals surface area contributed by atoms with Crippen LogP contribution in [-0.2, 0) is 0 Å². The second-order valence-corrected chi connectivity index (χ2v) is 7.40. The molecular formula is C19H19N7O3S. The molecule has 3 N–H and O–H groups in total. The average molecular weight is 425 g/mol. The van der Waals surface area contributed by atoms with Gasteiger partial charge in [-0.1, -0.05) is 48.2 Å². The molecular weight excluding hydrogens is 406 g/mol. The number of aliphatic hydroxyl groups excluding tert-OH is 3. The highest BCUT2D eigenvalue weighted by molar-refractivity contribution is 7.99. The number of tetrazole rings is 1. The largest absolute Gasteiger partial charge is 0.389 e. The second kappa shape index (κ2) is 9.13. The van der Waals surface area contributed by atoms with Gasteiger partial charge in [-0.15, -0.1) is 5.10 Å². The highest BCUT2D eigenvalue weighted by atomic mass is 32.2. The Morgan fingerprint density at radius 3 is 2.27 bits per heavy atom. The molecule has 2 aromatic heterocycles. The van der Waals surface area contributed by atoms with Crippen molar-refractivity contribution in [1.29, 1.82) is 0 Å². The van der Waals surface area contributed by atoms with Crippen molar-refractivity contribution < 1.29 is 15.3 Å². The summed E-state index contributed by atoms with van der Waals surface area (Å²) in [7, 11) is 0. The van der Waals surface area contributed by atoms with E-state index in [4.69, 9.17) is 0 Å². The number of para-hydroxylation sites is 2. The van der Waals surface area contributed by atoms with Gasteiger partial charge in [-0.05, 0) is 34.7 Å². The van der Waals surface area contributed by atoms with Crippen LogP contribution >= 0.6 is 11.8 Å². The van der Waals surface area contributed by atoms with E-state index in [0.29, 0.717) is 10.8 Å². The molecule has 2 aromatic carbocycles. The Balaban J connectivity index is 1.39. The molecule has 0 bridgehead atoms. The normalized spacial score (nSPS) is 14.4. The SMILES string of the molecule is O[C@H]([C@H](O)CSc1nnnn1-c1ccccc1)[C@@H](O)c1cnn(-c2ccccc2)n1. The quantitative estimate of drug-likeness (QED) is 0.350. The monoisotopic (exact) mass is 425 g/mol. The number of aliphatic hydroxyl groups is 3. The van der Waals surface area contributed by atoms with Gasteiger partial charge in [0.25, 0.3) is 0 Å². The minimum absolute atomic E-state index is 0.0677. The van der Waals surface area contributed by atoms with E-state index in [2.05, 4.69) is 25.7 Å². The van der Waals surface area contributed by atoms with Crippen LogP contribution < -0.4 is 0 Å². The van der Waals surface area contributed by atoms with Gasteiger partial charge in [-0.25, -0.2) is 0 Å². The Labute approximate surface area is 175 Å². The Morgan fingerprint density at radius 2 is 1.57 bits per heavy atom. The van der Waals surface area contributed by atoms with Crippen molar-refractivity contribution in [2.24, 2.45) is 0 Å². The van der Waals surface area contributed by atoms with E-state index < -0.39 is 18.3 Å². The smallest absolute Gasteiger partial charge is 0.214 e. The van der Waals surface area contributed by atoms with Crippen molar-refractivity contribution in [3.63, 3.8) is 0 Å². The lowest BCUT2D eigenvalue weighted by Gasteiger charge is -2.21. The zero-order chi connectivity index (χ0) is 20.9. The molecule has 2 heterocycles. The molecule has 0 saturated heterocycles. The predicted octanol–water partition coefficient (Wildman–Crippen LogP) is 0.790. The maximum absolute atomic E-state index is 10.4. The van der Waals surface area contributed by atoms with E-state index in [-0.39, 0.29) is 11.4 Å². The summed E-state index contributed by atoms with van der Waals surface area (Å²) >= 11 is 1.16. The third kappa shape index (κ3) is 4.39. The Hall–Kier alpha value is -3.12. The van der Waals surface area contributed by atoms with Crippen LogP contribution in [0.3, 0.4) is 0 Å². The van der Waals surface area contributed by atoms with E-state index in [1.54, 1.807) is 0 Å². The predicted molar refractivity (Wildman–Crippen MR) is 108 cm³/mol. The summed E-state index contributed by atoms with van der Waals surface area (Å²) in [6.45, 7) is 0. The lowest BCUT2D eigenvalue weighted by Crippen LogP contribution is -2.34. The molecule has 4 rings (SSSR count). The number of thioether (sulfide) groups is 1. The zero-order valence-electron chi connectivity index (χ0n) is 15.7. The Kier molecular flexibility index (Phi) is 6.14. The van der Waals surface area contributed by atoms with E-state index in [0.717, 1.165) is 17.4 Å². The first kappa shape index (κ1) is 20.2. The van der Waals surface area contributed by atoms with Crippen molar-refractivity contribution in [3.8, 4) is 11.4 Å². The molecule has 11 heteroatoms. The first-order chi connectivity index (χ1) is 14.6. The number of hydrogen-bond donors (Lipinski definition) is 3. The van der Waals surface area contributed by atoms with Gasteiger partial charge in [-0.3, -0.25) is 0 Å². The molecule has 4 aromatic rings. The highest BCUT2D eigenvalue weighted by Gasteiger charge is 2.29. The molecule has 0 radical (unpaired) electrons. The summed E-state index contributed by atoms with van der Waals surface area (Å²) in [6, 6.07) is 18.5. The summed E-state index contributed by atoms with van der Waals surface area (Å²) in [5, 5.41) is 51.5. The van der Waals surface area contributed by atoms with E-state index in [1.165, 1.54) is 15.7 Å². The van der Waals surface area contributed by atoms with Crippen LogP contribution in [0.15, 0.2) is 72.0 Å². The molecule has 0 aliphatic heterocycles. The van der Waals surface area contributed by atoms with Crippen LogP contribution in [-0.4, -0.2) is 68.5 Å². The molecule has 0 unspecified atom stereocenters. The van der Waals surface area contributed by atoms with Crippen LogP contribution in [0.5, 0.6) is 0 Å². The maximum Gasteiger partial charge on any atom is 0.214 e. The topological polar surface area (TPSA) is 135 Å². The van der Waals surface area contributed by atoms with Gasteiger partial charge in [0.05, 0.1) is 23.7 Å². The minimum atomic E-state index is -1.46. The van der Waals surface area contributed by atoms with Gasteiger partial charge >= 0.3 is 0 Å². The molecule has 30 heavy (non-hydrogen) atoms. The fourth-order valence-electron chi connectivity index (χ4n) is 2.74. The van der Waals surface area contributed by atoms with Gasteiger partial charge in [0.15, 0.2) is 0 Å². The Bertz CT molecular complexity index is 1070. The summed E-state index contributed by atoms with van der Waals surface area (Å²) in [5.41, 5.74) is 1.65. The molecule has 10 nitrogen and oxygen atoms in total. The van der Waals surface area contributed by atoms with Crippen LogP contribution in [0.1, 0.15) is 11.8 Å². The van der Waals surface area contributed by atoms with Crippen molar-refractivity contribution in [2.75, 3.05) is 5.75 Å². The van der Waals surface area contributed by atoms with Gasteiger partial charge < -0.3 is 15.3 Å². The minimum Gasteiger partial charge on any atom is -0.389 e.